The van der Waals surface area contributed by atoms with Crippen LogP contribution < -0.4 is 5.73 Å². The molecule has 21 heavy (non-hydrogen) atoms. The first kappa shape index (κ1) is 14.4. The first-order chi connectivity index (χ1) is 10.1. The number of halogens is 1. The van der Waals surface area contributed by atoms with E-state index in [-0.39, 0.29) is 5.82 Å². The molecular weight excluding hydrogens is 267 g/mol. The van der Waals surface area contributed by atoms with Crippen molar-refractivity contribution in [3.63, 3.8) is 0 Å². The molecule has 3 nitrogen and oxygen atoms in total. The molecule has 0 spiro atoms. The third kappa shape index (κ3) is 3.71. The molecule has 0 amide bonds. The Morgan fingerprint density at radius 2 is 1.67 bits per heavy atom. The Kier molecular flexibility index (Phi) is 4.37. The highest BCUT2D eigenvalue weighted by molar-refractivity contribution is 5.64. The van der Waals surface area contributed by atoms with Crippen molar-refractivity contribution in [1.82, 2.24) is 0 Å². The Morgan fingerprint density at radius 1 is 1.10 bits per heavy atom. The molecule has 2 aromatic carbocycles. The highest BCUT2D eigenvalue weighted by atomic mass is 19.1. The van der Waals surface area contributed by atoms with Gasteiger partial charge in [-0.3, -0.25) is 0 Å². The molecule has 4 heteroatoms. The van der Waals surface area contributed by atoms with Gasteiger partial charge in [-0.25, -0.2) is 4.39 Å². The molecule has 0 fully saturated rings. The van der Waals surface area contributed by atoms with Crippen LogP contribution in [0.5, 0.6) is 0 Å². The van der Waals surface area contributed by atoms with E-state index in [1.165, 1.54) is 18.4 Å². The summed E-state index contributed by atoms with van der Waals surface area (Å²) in [7, 11) is 0. The molecule has 0 atom stereocenters. The second-order valence-corrected chi connectivity index (χ2v) is 4.31. The number of nitrogens with zero attached hydrogens (tertiary/aromatic N) is 1. The average Bonchev–Trinajstić information content (AvgIpc) is 2.53. The van der Waals surface area contributed by atoms with Crippen LogP contribution in [0.4, 0.5) is 4.39 Å². The second-order valence-electron chi connectivity index (χ2n) is 4.31. The third-order valence-corrected chi connectivity index (χ3v) is 2.84. The van der Waals surface area contributed by atoms with Crippen LogP contribution in [0.2, 0.25) is 0 Å². The van der Waals surface area contributed by atoms with Gasteiger partial charge in [0, 0.05) is 11.1 Å². The number of benzene rings is 2. The summed E-state index contributed by atoms with van der Waals surface area (Å²) >= 11 is 0. The van der Waals surface area contributed by atoms with Gasteiger partial charge in [0.1, 0.15) is 17.8 Å². The fraction of sp³-hybridized carbons (Fsp3) is 0. The molecule has 0 aromatic heterocycles. The van der Waals surface area contributed by atoms with Gasteiger partial charge in [-0.2, -0.15) is 5.26 Å². The van der Waals surface area contributed by atoms with Crippen molar-refractivity contribution < 1.29 is 9.13 Å². The van der Waals surface area contributed by atoms with Crippen molar-refractivity contribution in [3.05, 3.63) is 83.9 Å². The van der Waals surface area contributed by atoms with Crippen LogP contribution in [0.25, 0.3) is 11.5 Å². The molecule has 2 rings (SSSR count). The molecule has 0 saturated carbocycles. The van der Waals surface area contributed by atoms with Gasteiger partial charge in [0.15, 0.2) is 0 Å². The third-order valence-electron chi connectivity index (χ3n) is 2.84. The van der Waals surface area contributed by atoms with Crippen molar-refractivity contribution in [2.24, 2.45) is 5.73 Å². The van der Waals surface area contributed by atoms with E-state index >= 15 is 0 Å². The highest BCUT2D eigenvalue weighted by Gasteiger charge is 2.01. The molecular formula is C17H13FN2O. The van der Waals surface area contributed by atoms with E-state index in [1.54, 1.807) is 36.4 Å². The lowest BCUT2D eigenvalue weighted by molar-refractivity contribution is 0.439. The molecule has 0 aliphatic heterocycles. The summed E-state index contributed by atoms with van der Waals surface area (Å²) in [6.45, 7) is 3.76. The Labute approximate surface area is 122 Å². The van der Waals surface area contributed by atoms with E-state index in [0.29, 0.717) is 22.6 Å². The molecule has 2 N–H and O–H groups in total. The van der Waals surface area contributed by atoms with Gasteiger partial charge in [-0.1, -0.05) is 18.7 Å². The van der Waals surface area contributed by atoms with E-state index in [4.69, 9.17) is 15.7 Å². The fourth-order valence-electron chi connectivity index (χ4n) is 1.64. The van der Waals surface area contributed by atoms with Crippen LogP contribution in [0, 0.1) is 17.1 Å². The van der Waals surface area contributed by atoms with Gasteiger partial charge >= 0.3 is 0 Å². The Balaban J connectivity index is 2.07. The molecule has 104 valence electrons. The largest absolute Gasteiger partial charge is 0.463 e. The quantitative estimate of drug-likeness (QED) is 0.870. The maximum Gasteiger partial charge on any atom is 0.126 e. The predicted molar refractivity (Wildman–Crippen MR) is 79.8 cm³/mol. The molecule has 0 unspecified atom stereocenters. The number of hydrogen-bond donors (Lipinski definition) is 1. The van der Waals surface area contributed by atoms with Gasteiger partial charge in [-0.15, -0.1) is 0 Å². The maximum absolute atomic E-state index is 12.8. The Hall–Kier alpha value is -3.06. The van der Waals surface area contributed by atoms with E-state index in [2.05, 4.69) is 6.58 Å². The van der Waals surface area contributed by atoms with Crippen LogP contribution in [-0.4, -0.2) is 0 Å². The molecule has 0 bridgehead atoms. The van der Waals surface area contributed by atoms with Gasteiger partial charge < -0.3 is 10.5 Å². The molecule has 0 saturated heterocycles. The SMILES string of the molecule is C=C(O/C=C(\N)c1ccc(C#N)cc1)c1ccc(F)cc1. The van der Waals surface area contributed by atoms with Crippen molar-refractivity contribution in [2.75, 3.05) is 0 Å². The molecule has 0 heterocycles. The average molecular weight is 280 g/mol. The van der Waals surface area contributed by atoms with E-state index in [9.17, 15) is 4.39 Å². The lowest BCUT2D eigenvalue weighted by atomic mass is 10.1. The summed E-state index contributed by atoms with van der Waals surface area (Å²) in [5.74, 6) is 0.0470. The fourth-order valence-corrected chi connectivity index (χ4v) is 1.64. The number of nitriles is 1. The minimum absolute atomic E-state index is 0.320. The second kappa shape index (κ2) is 6.40. The van der Waals surface area contributed by atoms with Crippen LogP contribution in [-0.2, 0) is 4.74 Å². The number of ether oxygens (including phenoxy) is 1. The van der Waals surface area contributed by atoms with E-state index in [1.807, 2.05) is 6.07 Å². The molecule has 0 radical (unpaired) electrons. The van der Waals surface area contributed by atoms with Gasteiger partial charge in [0.05, 0.1) is 17.3 Å². The first-order valence-electron chi connectivity index (χ1n) is 6.18. The molecule has 0 aliphatic rings. The summed E-state index contributed by atoms with van der Waals surface area (Å²) in [4.78, 5) is 0. The molecule has 0 aliphatic carbocycles. The van der Waals surface area contributed by atoms with Gasteiger partial charge in [-0.05, 0) is 36.4 Å². The zero-order chi connectivity index (χ0) is 15.2. The standard InChI is InChI=1S/C17H13FN2O/c1-12(14-6-8-16(18)9-7-14)21-11-17(20)15-4-2-13(10-19)3-5-15/h2-9,11H,1,20H2/b17-11-. The van der Waals surface area contributed by atoms with Gasteiger partial charge in [0.2, 0.25) is 0 Å². The van der Waals surface area contributed by atoms with Crippen LogP contribution in [0.3, 0.4) is 0 Å². The number of hydrogen-bond acceptors (Lipinski definition) is 3. The van der Waals surface area contributed by atoms with E-state index < -0.39 is 0 Å². The Bertz CT molecular complexity index is 710. The Morgan fingerprint density at radius 3 is 2.24 bits per heavy atom. The predicted octanol–water partition coefficient (Wildman–Crippen LogP) is 3.64. The van der Waals surface area contributed by atoms with Crippen molar-refractivity contribution >= 4 is 11.5 Å². The highest BCUT2D eigenvalue weighted by Crippen LogP contribution is 2.17. The minimum atomic E-state index is -0.320. The van der Waals surface area contributed by atoms with Crippen molar-refractivity contribution in [1.29, 1.82) is 5.26 Å². The van der Waals surface area contributed by atoms with Crippen molar-refractivity contribution in [2.45, 2.75) is 0 Å². The molecule has 2 aromatic rings. The lowest BCUT2D eigenvalue weighted by Crippen LogP contribution is -1.97. The summed E-state index contributed by atoms with van der Waals surface area (Å²) in [5.41, 5.74) is 8.26. The number of nitrogens with two attached hydrogens (primary N) is 1. The lowest BCUT2D eigenvalue weighted by Gasteiger charge is -2.07. The smallest absolute Gasteiger partial charge is 0.126 e. The number of rotatable bonds is 4. The topological polar surface area (TPSA) is 59.0 Å². The minimum Gasteiger partial charge on any atom is -0.463 e. The van der Waals surface area contributed by atoms with E-state index in [0.717, 1.165) is 5.56 Å². The van der Waals surface area contributed by atoms with Gasteiger partial charge in [0.25, 0.3) is 0 Å². The monoisotopic (exact) mass is 280 g/mol. The maximum atomic E-state index is 12.8. The first-order valence-corrected chi connectivity index (χ1v) is 6.18. The summed E-state index contributed by atoms with van der Waals surface area (Å²) in [5, 5.41) is 8.73. The van der Waals surface area contributed by atoms with Crippen LogP contribution in [0.1, 0.15) is 16.7 Å². The summed E-state index contributed by atoms with van der Waals surface area (Å²) < 4.78 is 18.2. The summed E-state index contributed by atoms with van der Waals surface area (Å²) in [6, 6.07) is 14.6. The zero-order valence-corrected chi connectivity index (χ0v) is 11.2. The summed E-state index contributed by atoms with van der Waals surface area (Å²) in [6.07, 6.45) is 1.37. The zero-order valence-electron chi connectivity index (χ0n) is 11.2. The van der Waals surface area contributed by atoms with Crippen LogP contribution >= 0.6 is 0 Å². The van der Waals surface area contributed by atoms with Crippen molar-refractivity contribution in [3.8, 4) is 6.07 Å². The normalized spacial score (nSPS) is 10.8. The van der Waals surface area contributed by atoms with Crippen LogP contribution in [0.15, 0.2) is 61.4 Å².